The van der Waals surface area contributed by atoms with Crippen molar-refractivity contribution in [2.45, 2.75) is 6.54 Å². The molecule has 2 aromatic rings. The Bertz CT molecular complexity index is 541. The van der Waals surface area contributed by atoms with Gasteiger partial charge in [-0.2, -0.15) is 0 Å². The van der Waals surface area contributed by atoms with Crippen LogP contribution in [0.3, 0.4) is 0 Å². The number of carbonyl (C=O) groups excluding carboxylic acids is 1. The molecule has 2 rings (SSSR count). The number of hydrogen-bond acceptors (Lipinski definition) is 2. The molecule has 0 aliphatic rings. The predicted octanol–water partition coefficient (Wildman–Crippen LogP) is 2.88. The second-order valence-electron chi connectivity index (χ2n) is 3.56. The first kappa shape index (κ1) is 12.1. The summed E-state index contributed by atoms with van der Waals surface area (Å²) in [5, 5.41) is 4.70. The standard InChI is InChI=1S/C12H10F2N2O2/c13-9-1-2-10(14)11(5-9)16-12(17)15-6-8-3-4-18-7-8/h1-5,7H,6H2,(H2,15,16,17). The van der Waals surface area contributed by atoms with Crippen LogP contribution in [0.5, 0.6) is 0 Å². The van der Waals surface area contributed by atoms with Crippen LogP contribution in [0.15, 0.2) is 41.2 Å². The zero-order valence-corrected chi connectivity index (χ0v) is 9.24. The molecule has 0 fully saturated rings. The molecule has 2 amide bonds. The molecule has 4 nitrogen and oxygen atoms in total. The SMILES string of the molecule is O=C(NCc1ccoc1)Nc1cc(F)ccc1F. The van der Waals surface area contributed by atoms with E-state index in [-0.39, 0.29) is 12.2 Å². The number of nitrogens with one attached hydrogen (secondary N) is 2. The maximum Gasteiger partial charge on any atom is 0.319 e. The Hall–Kier alpha value is -2.37. The van der Waals surface area contributed by atoms with Crippen molar-refractivity contribution in [1.82, 2.24) is 5.32 Å². The van der Waals surface area contributed by atoms with Crippen LogP contribution in [0.4, 0.5) is 19.3 Å². The van der Waals surface area contributed by atoms with Crippen LogP contribution in [-0.2, 0) is 6.54 Å². The minimum absolute atomic E-state index is 0.209. The van der Waals surface area contributed by atoms with E-state index in [0.29, 0.717) is 0 Å². The highest BCUT2D eigenvalue weighted by Gasteiger charge is 2.07. The van der Waals surface area contributed by atoms with Crippen molar-refractivity contribution < 1.29 is 18.0 Å². The van der Waals surface area contributed by atoms with E-state index in [1.54, 1.807) is 6.07 Å². The summed E-state index contributed by atoms with van der Waals surface area (Å²) in [6.45, 7) is 0.235. The third-order valence-electron chi connectivity index (χ3n) is 2.21. The van der Waals surface area contributed by atoms with E-state index >= 15 is 0 Å². The number of anilines is 1. The highest BCUT2D eigenvalue weighted by molar-refractivity contribution is 5.89. The number of halogens is 2. The molecule has 0 aliphatic heterocycles. The van der Waals surface area contributed by atoms with Crippen LogP contribution < -0.4 is 10.6 Å². The Morgan fingerprint density at radius 3 is 2.83 bits per heavy atom. The van der Waals surface area contributed by atoms with Gasteiger partial charge in [0.15, 0.2) is 0 Å². The summed E-state index contributed by atoms with van der Waals surface area (Å²) in [5.41, 5.74) is 0.560. The Balaban J connectivity index is 1.92. The number of benzene rings is 1. The second kappa shape index (κ2) is 5.31. The highest BCUT2D eigenvalue weighted by atomic mass is 19.1. The molecule has 1 aromatic carbocycles. The van der Waals surface area contributed by atoms with Crippen LogP contribution in [-0.4, -0.2) is 6.03 Å². The third-order valence-corrected chi connectivity index (χ3v) is 2.21. The first-order chi connectivity index (χ1) is 8.65. The summed E-state index contributed by atoms with van der Waals surface area (Å²) in [6.07, 6.45) is 2.95. The van der Waals surface area contributed by atoms with E-state index in [9.17, 15) is 13.6 Å². The van der Waals surface area contributed by atoms with Crippen LogP contribution in [0, 0.1) is 11.6 Å². The zero-order chi connectivity index (χ0) is 13.0. The van der Waals surface area contributed by atoms with Gasteiger partial charge in [0, 0.05) is 18.2 Å². The van der Waals surface area contributed by atoms with Gasteiger partial charge in [0.25, 0.3) is 0 Å². The van der Waals surface area contributed by atoms with E-state index in [0.717, 1.165) is 23.8 Å². The molecule has 0 atom stereocenters. The maximum absolute atomic E-state index is 13.2. The fourth-order valence-electron chi connectivity index (χ4n) is 1.34. The van der Waals surface area contributed by atoms with Gasteiger partial charge in [-0.25, -0.2) is 13.6 Å². The highest BCUT2D eigenvalue weighted by Crippen LogP contribution is 2.14. The molecule has 0 saturated carbocycles. The van der Waals surface area contributed by atoms with E-state index in [2.05, 4.69) is 10.6 Å². The lowest BCUT2D eigenvalue weighted by Crippen LogP contribution is -2.28. The van der Waals surface area contributed by atoms with Gasteiger partial charge >= 0.3 is 6.03 Å². The van der Waals surface area contributed by atoms with Crippen molar-refractivity contribution >= 4 is 11.7 Å². The van der Waals surface area contributed by atoms with Crippen LogP contribution in [0.25, 0.3) is 0 Å². The van der Waals surface area contributed by atoms with Gasteiger partial charge in [0.2, 0.25) is 0 Å². The Morgan fingerprint density at radius 1 is 1.28 bits per heavy atom. The van der Waals surface area contributed by atoms with Crippen molar-refractivity contribution in [3.63, 3.8) is 0 Å². The largest absolute Gasteiger partial charge is 0.472 e. The van der Waals surface area contributed by atoms with Gasteiger partial charge in [-0.3, -0.25) is 0 Å². The van der Waals surface area contributed by atoms with Gasteiger partial charge < -0.3 is 15.1 Å². The lowest BCUT2D eigenvalue weighted by Gasteiger charge is -2.07. The molecule has 0 bridgehead atoms. The number of carbonyl (C=O) groups is 1. The Morgan fingerprint density at radius 2 is 2.11 bits per heavy atom. The van der Waals surface area contributed by atoms with E-state index in [4.69, 9.17) is 4.42 Å². The van der Waals surface area contributed by atoms with Crippen LogP contribution in [0.2, 0.25) is 0 Å². The molecule has 1 aromatic heterocycles. The second-order valence-corrected chi connectivity index (χ2v) is 3.56. The molecule has 0 saturated heterocycles. The minimum Gasteiger partial charge on any atom is -0.472 e. The summed E-state index contributed by atoms with van der Waals surface area (Å²) in [4.78, 5) is 11.4. The molecule has 18 heavy (non-hydrogen) atoms. The number of rotatable bonds is 3. The summed E-state index contributed by atoms with van der Waals surface area (Å²) >= 11 is 0. The van der Waals surface area contributed by atoms with Crippen molar-refractivity contribution in [2.24, 2.45) is 0 Å². The van der Waals surface area contributed by atoms with E-state index < -0.39 is 17.7 Å². The number of urea groups is 1. The minimum atomic E-state index is -0.699. The maximum atomic E-state index is 13.2. The quantitative estimate of drug-likeness (QED) is 0.882. The van der Waals surface area contributed by atoms with Crippen molar-refractivity contribution in [2.75, 3.05) is 5.32 Å². The average Bonchev–Trinajstić information content (AvgIpc) is 2.84. The van der Waals surface area contributed by atoms with Crippen molar-refractivity contribution in [3.05, 3.63) is 54.0 Å². The first-order valence-corrected chi connectivity index (χ1v) is 5.16. The van der Waals surface area contributed by atoms with Gasteiger partial charge in [-0.15, -0.1) is 0 Å². The smallest absolute Gasteiger partial charge is 0.319 e. The van der Waals surface area contributed by atoms with E-state index in [1.165, 1.54) is 12.5 Å². The summed E-state index contributed by atoms with van der Waals surface area (Å²) < 4.78 is 30.9. The summed E-state index contributed by atoms with van der Waals surface area (Å²) in [7, 11) is 0. The average molecular weight is 252 g/mol. The summed E-state index contributed by atoms with van der Waals surface area (Å²) in [6, 6.07) is 3.89. The van der Waals surface area contributed by atoms with Gasteiger partial charge in [-0.1, -0.05) is 0 Å². The predicted molar refractivity (Wildman–Crippen MR) is 60.9 cm³/mol. The fraction of sp³-hybridized carbons (Fsp3) is 0.0833. The van der Waals surface area contributed by atoms with E-state index in [1.807, 2.05) is 0 Å². The molecule has 0 aliphatic carbocycles. The van der Waals surface area contributed by atoms with Gasteiger partial charge in [0.05, 0.1) is 18.2 Å². The molecular weight excluding hydrogens is 242 g/mol. The molecule has 1 heterocycles. The normalized spacial score (nSPS) is 10.1. The Kier molecular flexibility index (Phi) is 3.57. The third kappa shape index (κ3) is 3.07. The molecule has 6 heteroatoms. The molecule has 0 radical (unpaired) electrons. The lowest BCUT2D eigenvalue weighted by atomic mass is 10.3. The Labute approximate surface area is 102 Å². The van der Waals surface area contributed by atoms with Crippen LogP contribution in [0.1, 0.15) is 5.56 Å². The number of hydrogen-bond donors (Lipinski definition) is 2. The number of amides is 2. The lowest BCUT2D eigenvalue weighted by molar-refractivity contribution is 0.251. The van der Waals surface area contributed by atoms with Crippen LogP contribution >= 0.6 is 0 Å². The summed E-state index contributed by atoms with van der Waals surface area (Å²) in [5.74, 6) is -1.32. The van der Waals surface area contributed by atoms with Crippen molar-refractivity contribution in [1.29, 1.82) is 0 Å². The topological polar surface area (TPSA) is 54.3 Å². The van der Waals surface area contributed by atoms with Crippen molar-refractivity contribution in [3.8, 4) is 0 Å². The molecule has 0 spiro atoms. The first-order valence-electron chi connectivity index (χ1n) is 5.16. The van der Waals surface area contributed by atoms with Gasteiger partial charge in [0.1, 0.15) is 11.6 Å². The fourth-order valence-corrected chi connectivity index (χ4v) is 1.34. The zero-order valence-electron chi connectivity index (χ0n) is 9.24. The molecule has 0 unspecified atom stereocenters. The molecule has 2 N–H and O–H groups in total. The van der Waals surface area contributed by atoms with Gasteiger partial charge in [-0.05, 0) is 18.2 Å². The molecule has 94 valence electrons. The monoisotopic (exact) mass is 252 g/mol. The number of furan rings is 1. The molecular formula is C12H10F2N2O2.